The maximum atomic E-state index is 11.7. The molecule has 1 aromatic rings. The van der Waals surface area contributed by atoms with Crippen LogP contribution in [0.1, 0.15) is 12.5 Å². The predicted molar refractivity (Wildman–Crippen MR) is 87.3 cm³/mol. The first-order valence-corrected chi connectivity index (χ1v) is 7.10. The van der Waals surface area contributed by atoms with Gasteiger partial charge in [0.2, 0.25) is 5.91 Å². The molecule has 1 aromatic carbocycles. The Morgan fingerprint density at radius 3 is 2.16 bits per heavy atom. The van der Waals surface area contributed by atoms with E-state index >= 15 is 0 Å². The Morgan fingerprint density at radius 1 is 1.12 bits per heavy atom. The smallest absolute Gasteiger partial charge is 0.328 e. The van der Waals surface area contributed by atoms with Crippen LogP contribution in [0.15, 0.2) is 35.5 Å². The van der Waals surface area contributed by atoms with Gasteiger partial charge in [0.1, 0.15) is 29.9 Å². The summed E-state index contributed by atoms with van der Waals surface area (Å²) in [6.07, 6.45) is 0.231. The Kier molecular flexibility index (Phi) is 7.18. The number of ether oxygens (including phenoxy) is 1. The number of amides is 1. The number of esters is 1. The number of benzene rings is 1. The molecule has 8 nitrogen and oxygen atoms in total. The minimum absolute atomic E-state index is 0.150. The Hall–Kier alpha value is -3.83. The molecule has 0 fully saturated rings. The number of rotatable bonds is 6. The fourth-order valence-electron chi connectivity index (χ4n) is 1.97. The van der Waals surface area contributed by atoms with Gasteiger partial charge >= 0.3 is 5.97 Å². The molecule has 2 N–H and O–H groups in total. The molecular weight excluding hydrogens is 322 g/mol. The highest BCUT2D eigenvalue weighted by atomic mass is 16.5. The van der Waals surface area contributed by atoms with Crippen molar-refractivity contribution in [1.29, 1.82) is 15.8 Å². The van der Waals surface area contributed by atoms with Gasteiger partial charge in [0, 0.05) is 19.0 Å². The van der Waals surface area contributed by atoms with E-state index in [2.05, 4.69) is 15.4 Å². The van der Waals surface area contributed by atoms with Gasteiger partial charge in [0.25, 0.3) is 0 Å². The number of nitrogens with zero attached hydrogens (tertiary/aromatic N) is 3. The zero-order chi connectivity index (χ0) is 18.8. The van der Waals surface area contributed by atoms with Gasteiger partial charge < -0.3 is 15.4 Å². The third-order valence-electron chi connectivity index (χ3n) is 3.11. The van der Waals surface area contributed by atoms with E-state index in [0.717, 1.165) is 5.56 Å². The summed E-state index contributed by atoms with van der Waals surface area (Å²) in [7, 11) is 1.24. The lowest BCUT2D eigenvalue weighted by molar-refractivity contribution is -0.144. The van der Waals surface area contributed by atoms with Crippen LogP contribution in [0.5, 0.6) is 0 Å². The van der Waals surface area contributed by atoms with Crippen molar-refractivity contribution in [2.45, 2.75) is 19.4 Å². The normalized spacial score (nSPS) is 10.2. The predicted octanol–water partition coefficient (Wildman–Crippen LogP) is 1.14. The number of nitrogens with one attached hydrogen (secondary N) is 2. The van der Waals surface area contributed by atoms with Gasteiger partial charge in [-0.3, -0.25) is 4.79 Å². The fourth-order valence-corrected chi connectivity index (χ4v) is 1.97. The van der Waals surface area contributed by atoms with Crippen molar-refractivity contribution in [2.24, 2.45) is 0 Å². The Bertz CT molecular complexity index is 791. The monoisotopic (exact) mass is 337 g/mol. The average molecular weight is 337 g/mol. The van der Waals surface area contributed by atoms with E-state index in [0.29, 0.717) is 5.69 Å². The van der Waals surface area contributed by atoms with Crippen LogP contribution in [0, 0.1) is 34.0 Å². The van der Waals surface area contributed by atoms with Crippen LogP contribution >= 0.6 is 0 Å². The van der Waals surface area contributed by atoms with E-state index in [9.17, 15) is 9.59 Å². The van der Waals surface area contributed by atoms with Crippen molar-refractivity contribution in [3.05, 3.63) is 41.1 Å². The van der Waals surface area contributed by atoms with Crippen molar-refractivity contribution < 1.29 is 14.3 Å². The van der Waals surface area contributed by atoms with Crippen LogP contribution in [0.2, 0.25) is 0 Å². The van der Waals surface area contributed by atoms with Gasteiger partial charge in [-0.2, -0.15) is 15.8 Å². The molecule has 0 saturated heterocycles. The molecule has 1 rings (SSSR count). The molecule has 0 aliphatic heterocycles. The second kappa shape index (κ2) is 9.34. The molecule has 0 aliphatic rings. The van der Waals surface area contributed by atoms with Gasteiger partial charge in [-0.05, 0) is 17.7 Å². The molecular formula is C17H15N5O3. The number of allylic oxidation sites excluding steroid dienone is 2. The maximum absolute atomic E-state index is 11.7. The largest absolute Gasteiger partial charge is 0.467 e. The summed E-state index contributed by atoms with van der Waals surface area (Å²) in [5.41, 5.74) is 0.779. The van der Waals surface area contributed by atoms with Crippen LogP contribution in [0.3, 0.4) is 0 Å². The van der Waals surface area contributed by atoms with Crippen LogP contribution in [-0.2, 0) is 20.7 Å². The second-order valence-electron chi connectivity index (χ2n) is 4.89. The van der Waals surface area contributed by atoms with Crippen molar-refractivity contribution in [2.75, 3.05) is 12.4 Å². The summed E-state index contributed by atoms with van der Waals surface area (Å²) in [4.78, 5) is 22.9. The molecule has 1 unspecified atom stereocenters. The third-order valence-corrected chi connectivity index (χ3v) is 3.11. The van der Waals surface area contributed by atoms with Crippen LogP contribution in [0.4, 0.5) is 5.69 Å². The number of carbonyl (C=O) groups excluding carboxylic acids is 2. The number of carbonyl (C=O) groups is 2. The first kappa shape index (κ1) is 19.2. The Morgan fingerprint density at radius 2 is 1.72 bits per heavy atom. The van der Waals surface area contributed by atoms with E-state index in [-0.39, 0.29) is 23.6 Å². The Labute approximate surface area is 144 Å². The summed E-state index contributed by atoms with van der Waals surface area (Å²) in [5.74, 6) is -0.905. The third kappa shape index (κ3) is 5.70. The minimum atomic E-state index is -0.806. The van der Waals surface area contributed by atoms with E-state index in [4.69, 9.17) is 15.8 Å². The number of hydrogen-bond donors (Lipinski definition) is 2. The molecule has 1 atom stereocenters. The second-order valence-corrected chi connectivity index (χ2v) is 4.89. The molecule has 0 spiro atoms. The molecule has 0 aliphatic carbocycles. The molecule has 0 radical (unpaired) electrons. The fraction of sp³-hybridized carbons (Fsp3) is 0.235. The lowest BCUT2D eigenvalue weighted by Crippen LogP contribution is -2.41. The topological polar surface area (TPSA) is 139 Å². The van der Waals surface area contributed by atoms with Gasteiger partial charge in [-0.25, -0.2) is 4.79 Å². The highest BCUT2D eigenvalue weighted by Gasteiger charge is 2.20. The first-order chi connectivity index (χ1) is 11.9. The van der Waals surface area contributed by atoms with Gasteiger partial charge in [0.15, 0.2) is 5.57 Å². The van der Waals surface area contributed by atoms with Crippen LogP contribution in [-0.4, -0.2) is 25.0 Å². The number of anilines is 1. The number of hydrogen-bond acceptors (Lipinski definition) is 7. The lowest BCUT2D eigenvalue weighted by atomic mass is 10.1. The average Bonchev–Trinajstić information content (AvgIpc) is 2.61. The molecule has 25 heavy (non-hydrogen) atoms. The quantitative estimate of drug-likeness (QED) is 0.586. The number of methoxy groups -OCH3 is 1. The molecule has 126 valence electrons. The zero-order valence-electron chi connectivity index (χ0n) is 13.7. The van der Waals surface area contributed by atoms with Gasteiger partial charge in [-0.1, -0.05) is 12.1 Å². The van der Waals surface area contributed by atoms with E-state index in [1.807, 2.05) is 0 Å². The number of nitriles is 3. The highest BCUT2D eigenvalue weighted by Crippen LogP contribution is 2.15. The molecule has 1 amide bonds. The standard InChI is InChI=1S/C17H15N5O3/c1-11(23)21-15(17(24)25-2)7-12-3-5-14(6-4-12)22-16(10-20)13(8-18)9-19/h3-6,15,22H,7H2,1-2H3,(H,21,23). The molecule has 8 heteroatoms. The SMILES string of the molecule is COC(=O)C(Cc1ccc(NC(C#N)=C(C#N)C#N)cc1)NC(C)=O. The maximum Gasteiger partial charge on any atom is 0.328 e. The van der Waals surface area contributed by atoms with Crippen molar-refractivity contribution in [3.63, 3.8) is 0 Å². The summed E-state index contributed by atoms with van der Waals surface area (Å²) in [6.45, 7) is 1.31. The van der Waals surface area contributed by atoms with Crippen LogP contribution in [0.25, 0.3) is 0 Å². The van der Waals surface area contributed by atoms with E-state index in [1.165, 1.54) is 14.0 Å². The molecule has 0 aromatic heterocycles. The minimum Gasteiger partial charge on any atom is -0.467 e. The summed E-state index contributed by atoms with van der Waals surface area (Å²) < 4.78 is 4.66. The summed E-state index contributed by atoms with van der Waals surface area (Å²) in [5, 5.41) is 31.8. The summed E-state index contributed by atoms with van der Waals surface area (Å²) in [6, 6.07) is 10.9. The van der Waals surface area contributed by atoms with Crippen molar-refractivity contribution in [3.8, 4) is 18.2 Å². The van der Waals surface area contributed by atoms with Crippen molar-refractivity contribution >= 4 is 17.6 Å². The molecule has 0 saturated carbocycles. The Balaban J connectivity index is 2.92. The first-order valence-electron chi connectivity index (χ1n) is 7.10. The molecule has 0 heterocycles. The van der Waals surface area contributed by atoms with E-state index < -0.39 is 12.0 Å². The van der Waals surface area contributed by atoms with Gasteiger partial charge in [-0.15, -0.1) is 0 Å². The zero-order valence-corrected chi connectivity index (χ0v) is 13.7. The van der Waals surface area contributed by atoms with Crippen molar-refractivity contribution in [1.82, 2.24) is 5.32 Å². The van der Waals surface area contributed by atoms with Crippen LogP contribution < -0.4 is 10.6 Å². The lowest BCUT2D eigenvalue weighted by Gasteiger charge is -2.15. The highest BCUT2D eigenvalue weighted by molar-refractivity contribution is 5.83. The molecule has 0 bridgehead atoms. The van der Waals surface area contributed by atoms with E-state index in [1.54, 1.807) is 42.5 Å². The van der Waals surface area contributed by atoms with Gasteiger partial charge in [0.05, 0.1) is 7.11 Å². The summed E-state index contributed by atoms with van der Waals surface area (Å²) >= 11 is 0.